The first kappa shape index (κ1) is 25.7. The molecule has 194 valence electrons. The van der Waals surface area contributed by atoms with Gasteiger partial charge in [-0.15, -0.1) is 0 Å². The third-order valence-corrected chi connectivity index (χ3v) is 6.36. The molecule has 2 unspecified atom stereocenters. The first-order valence-corrected chi connectivity index (χ1v) is 12.0. The summed E-state index contributed by atoms with van der Waals surface area (Å²) in [4.78, 5) is 52.2. The third kappa shape index (κ3) is 6.65. The third-order valence-electron chi connectivity index (χ3n) is 6.36. The van der Waals surface area contributed by atoms with E-state index in [1.54, 1.807) is 20.0 Å². The van der Waals surface area contributed by atoms with Crippen LogP contribution in [0.2, 0.25) is 0 Å². The Balaban J connectivity index is 1.28. The molecule has 0 bridgehead atoms. The predicted molar refractivity (Wildman–Crippen MR) is 129 cm³/mol. The molecule has 2 aliphatic rings. The molecule has 0 saturated carbocycles. The number of rotatable bonds is 11. The van der Waals surface area contributed by atoms with E-state index in [1.807, 2.05) is 23.1 Å². The number of aromatic nitrogens is 2. The number of hydrogen-bond donors (Lipinski definition) is 4. The van der Waals surface area contributed by atoms with Gasteiger partial charge in [-0.25, -0.2) is 0 Å². The minimum atomic E-state index is -0.916. The van der Waals surface area contributed by atoms with Crippen molar-refractivity contribution in [2.75, 3.05) is 46.0 Å². The lowest BCUT2D eigenvalue weighted by molar-refractivity contribution is -0.132. The monoisotopic (exact) mass is 500 g/mol. The van der Waals surface area contributed by atoms with Gasteiger partial charge < -0.3 is 25.4 Å². The predicted octanol–water partition coefficient (Wildman–Crippen LogP) is -1.10. The number of amides is 3. The molecule has 4 rings (SSSR count). The molecule has 0 spiro atoms. The largest absolute Gasteiger partial charge is 0.379 e. The van der Waals surface area contributed by atoms with Crippen LogP contribution in [-0.2, 0) is 35.1 Å². The van der Waals surface area contributed by atoms with Gasteiger partial charge in [0, 0.05) is 18.5 Å². The van der Waals surface area contributed by atoms with E-state index in [2.05, 4.69) is 26.1 Å². The summed E-state index contributed by atoms with van der Waals surface area (Å²) in [6.45, 7) is 5.86. The first-order valence-electron chi connectivity index (χ1n) is 12.0. The summed E-state index contributed by atoms with van der Waals surface area (Å²) in [5.41, 5.74) is 0.810. The number of hydrogen-bond acceptors (Lipinski definition) is 8. The second-order valence-corrected chi connectivity index (χ2v) is 9.40. The van der Waals surface area contributed by atoms with E-state index in [1.165, 1.54) is 0 Å². The average molecular weight is 501 g/mol. The topological polar surface area (TPSA) is 158 Å². The van der Waals surface area contributed by atoms with E-state index < -0.39 is 29.5 Å². The molecule has 3 heterocycles. The Morgan fingerprint density at radius 1 is 1.17 bits per heavy atom. The van der Waals surface area contributed by atoms with Gasteiger partial charge in [-0.05, 0) is 38.0 Å². The van der Waals surface area contributed by atoms with Gasteiger partial charge in [0.05, 0.1) is 50.7 Å². The number of carbonyl (C=O) groups is 4. The quantitative estimate of drug-likeness (QED) is 0.283. The summed E-state index contributed by atoms with van der Waals surface area (Å²) in [6, 6.07) is 4.00. The van der Waals surface area contributed by atoms with E-state index in [9.17, 15) is 19.2 Å². The van der Waals surface area contributed by atoms with E-state index in [0.29, 0.717) is 32.9 Å². The minimum Gasteiger partial charge on any atom is -0.379 e. The van der Waals surface area contributed by atoms with Crippen LogP contribution >= 0.6 is 0 Å². The number of nitrogens with zero attached hydrogens (tertiary/aromatic N) is 2. The van der Waals surface area contributed by atoms with Crippen molar-refractivity contribution >= 4 is 34.4 Å². The van der Waals surface area contributed by atoms with E-state index in [0.717, 1.165) is 16.5 Å². The number of nitrogens with one attached hydrogen (secondary N) is 4. The molecular formula is C24H32N6O6. The molecule has 36 heavy (non-hydrogen) atoms. The summed E-state index contributed by atoms with van der Waals surface area (Å²) < 4.78 is 10.6. The number of H-pyrrole nitrogens is 1. The number of carbonyl (C=O) groups excluding carboxylic acids is 4. The van der Waals surface area contributed by atoms with Gasteiger partial charge in [-0.1, -0.05) is 6.07 Å². The molecule has 12 heteroatoms. The highest BCUT2D eigenvalue weighted by Crippen LogP contribution is 2.29. The van der Waals surface area contributed by atoms with Crippen LogP contribution in [-0.4, -0.2) is 102 Å². The fraction of sp³-hybridized carbons (Fsp3) is 0.542. The number of fused-ring (bicyclic) bond motifs is 1. The standard InChI is InChI=1S/C24H32N6O6/c1-15(27-21(32)13-30-5-7-35-8-6-30)23(34)25-12-20(31)28-19(22(33)24(2)14-36-24)10-16-3-4-18-17(9-16)11-26-29-18/h3-4,9,11,15,19H,5-8,10,12-14H2,1-2H3,(H,25,34)(H,26,29)(H,27,32)(H,28,31)/t15?,19?,24-/m1/s1. The zero-order valence-electron chi connectivity index (χ0n) is 20.5. The first-order chi connectivity index (χ1) is 17.2. The van der Waals surface area contributed by atoms with E-state index >= 15 is 0 Å². The minimum absolute atomic E-state index is 0.177. The molecule has 2 aromatic rings. The highest BCUT2D eigenvalue weighted by molar-refractivity contribution is 5.97. The maximum Gasteiger partial charge on any atom is 0.242 e. The molecule has 3 atom stereocenters. The summed E-state index contributed by atoms with van der Waals surface area (Å²) >= 11 is 0. The van der Waals surface area contributed by atoms with Crippen LogP contribution in [0, 0.1) is 0 Å². The van der Waals surface area contributed by atoms with Crippen LogP contribution in [0.3, 0.4) is 0 Å². The lowest BCUT2D eigenvalue weighted by Gasteiger charge is -2.26. The molecule has 0 aliphatic carbocycles. The Morgan fingerprint density at radius 2 is 1.92 bits per heavy atom. The Kier molecular flexibility index (Phi) is 7.97. The van der Waals surface area contributed by atoms with Gasteiger partial charge in [-0.2, -0.15) is 5.10 Å². The molecule has 0 radical (unpaired) electrons. The van der Waals surface area contributed by atoms with Crippen LogP contribution in [0.4, 0.5) is 0 Å². The number of ketones is 1. The summed E-state index contributed by atoms with van der Waals surface area (Å²) in [6.07, 6.45) is 1.96. The molecular weight excluding hydrogens is 468 g/mol. The number of aromatic amines is 1. The van der Waals surface area contributed by atoms with Crippen LogP contribution in [0.15, 0.2) is 24.4 Å². The molecule has 2 fully saturated rings. The second-order valence-electron chi connectivity index (χ2n) is 9.40. The second kappa shape index (κ2) is 11.1. The smallest absolute Gasteiger partial charge is 0.242 e. The number of epoxide rings is 1. The maximum atomic E-state index is 13.0. The average Bonchev–Trinajstić information content (AvgIpc) is 3.44. The molecule has 4 N–H and O–H groups in total. The van der Waals surface area contributed by atoms with E-state index in [-0.39, 0.29) is 31.2 Å². The van der Waals surface area contributed by atoms with Crippen LogP contribution in [0.5, 0.6) is 0 Å². The van der Waals surface area contributed by atoms with Gasteiger partial charge in [0.1, 0.15) is 11.6 Å². The number of morpholine rings is 1. The molecule has 1 aromatic carbocycles. The highest BCUT2D eigenvalue weighted by Gasteiger charge is 2.50. The lowest BCUT2D eigenvalue weighted by Crippen LogP contribution is -2.53. The Hall–Kier alpha value is -3.35. The molecule has 12 nitrogen and oxygen atoms in total. The Labute approximate surface area is 208 Å². The van der Waals surface area contributed by atoms with E-state index in [4.69, 9.17) is 9.47 Å². The summed E-state index contributed by atoms with van der Waals surface area (Å²) in [5, 5.41) is 15.7. The van der Waals surface area contributed by atoms with Crippen molar-refractivity contribution in [3.8, 4) is 0 Å². The zero-order valence-corrected chi connectivity index (χ0v) is 20.5. The number of ether oxygens (including phenoxy) is 2. The van der Waals surface area contributed by atoms with Crippen molar-refractivity contribution in [3.05, 3.63) is 30.0 Å². The Bertz CT molecular complexity index is 1120. The summed E-state index contributed by atoms with van der Waals surface area (Å²) in [5.74, 6) is -1.51. The van der Waals surface area contributed by atoms with Gasteiger partial charge in [0.25, 0.3) is 0 Å². The van der Waals surface area contributed by atoms with Crippen molar-refractivity contribution in [3.63, 3.8) is 0 Å². The Morgan fingerprint density at radius 3 is 2.64 bits per heavy atom. The molecule has 1 aromatic heterocycles. The molecule has 3 amide bonds. The van der Waals surface area contributed by atoms with Gasteiger partial charge in [-0.3, -0.25) is 29.2 Å². The van der Waals surface area contributed by atoms with Crippen LogP contribution in [0.1, 0.15) is 19.4 Å². The van der Waals surface area contributed by atoms with Gasteiger partial charge in [0.15, 0.2) is 5.78 Å². The molecule has 2 aliphatic heterocycles. The molecule has 2 saturated heterocycles. The van der Waals surface area contributed by atoms with Crippen LogP contribution in [0.25, 0.3) is 10.9 Å². The highest BCUT2D eigenvalue weighted by atomic mass is 16.6. The van der Waals surface area contributed by atoms with Crippen molar-refractivity contribution in [1.29, 1.82) is 0 Å². The number of Topliss-reactive ketones (excluding diaryl/α,β-unsaturated/α-hetero) is 1. The van der Waals surface area contributed by atoms with Crippen molar-refractivity contribution in [2.24, 2.45) is 0 Å². The number of benzene rings is 1. The van der Waals surface area contributed by atoms with Crippen molar-refractivity contribution < 1.29 is 28.7 Å². The van der Waals surface area contributed by atoms with Crippen molar-refractivity contribution in [2.45, 2.75) is 38.0 Å². The van der Waals surface area contributed by atoms with Gasteiger partial charge >= 0.3 is 0 Å². The lowest BCUT2D eigenvalue weighted by atomic mass is 9.94. The SMILES string of the molecule is CC(NC(=O)CN1CCOCC1)C(=O)NCC(=O)NC(Cc1ccc2[nH]ncc2c1)C(=O)[C@@]1(C)CO1. The normalized spacial score (nSPS) is 21.4. The summed E-state index contributed by atoms with van der Waals surface area (Å²) in [7, 11) is 0. The van der Waals surface area contributed by atoms with Crippen LogP contribution < -0.4 is 16.0 Å². The fourth-order valence-electron chi connectivity index (χ4n) is 4.06. The fourth-order valence-corrected chi connectivity index (χ4v) is 4.06. The zero-order chi connectivity index (χ0) is 25.7. The maximum absolute atomic E-state index is 13.0. The van der Waals surface area contributed by atoms with Crippen molar-refractivity contribution in [1.82, 2.24) is 31.0 Å². The van der Waals surface area contributed by atoms with Gasteiger partial charge in [0.2, 0.25) is 17.7 Å².